The van der Waals surface area contributed by atoms with Gasteiger partial charge in [0.15, 0.2) is 0 Å². The lowest BCUT2D eigenvalue weighted by Gasteiger charge is -2.07. The Hall–Kier alpha value is -0.200. The van der Waals surface area contributed by atoms with E-state index in [1.165, 1.54) is 0 Å². The van der Waals surface area contributed by atoms with Crippen molar-refractivity contribution in [3.05, 3.63) is 0 Å². The highest BCUT2D eigenvalue weighted by atomic mass is 16.7. The second kappa shape index (κ2) is 15.8. The van der Waals surface area contributed by atoms with E-state index in [4.69, 9.17) is 23.7 Å². The summed E-state index contributed by atoms with van der Waals surface area (Å²) in [6.07, 6.45) is 1.79. The van der Waals surface area contributed by atoms with E-state index in [1.54, 1.807) is 0 Å². The second-order valence-electron chi connectivity index (χ2n) is 3.36. The molecule has 17 heavy (non-hydrogen) atoms. The first kappa shape index (κ1) is 16.8. The minimum atomic E-state index is 0.275. The van der Waals surface area contributed by atoms with Gasteiger partial charge in [0.25, 0.3) is 0 Å². The van der Waals surface area contributed by atoms with Crippen LogP contribution in [0.1, 0.15) is 26.7 Å². The average molecular weight is 250 g/mol. The maximum atomic E-state index is 5.22. The van der Waals surface area contributed by atoms with Gasteiger partial charge in [0, 0.05) is 26.4 Å². The maximum Gasteiger partial charge on any atom is 0.149 e. The highest BCUT2D eigenvalue weighted by molar-refractivity contribution is 4.32. The molecule has 104 valence electrons. The van der Waals surface area contributed by atoms with Gasteiger partial charge in [-0.1, -0.05) is 0 Å². The molecule has 0 heterocycles. The third-order valence-electron chi connectivity index (χ3n) is 1.90. The largest absolute Gasteiger partial charge is 0.382 e. The summed E-state index contributed by atoms with van der Waals surface area (Å²) in [6.45, 7) is 8.82. The Morgan fingerprint density at radius 3 is 1.35 bits per heavy atom. The summed E-state index contributed by atoms with van der Waals surface area (Å²) in [5.74, 6) is 0. The normalized spacial score (nSPS) is 10.9. The van der Waals surface area contributed by atoms with Gasteiger partial charge < -0.3 is 23.7 Å². The lowest BCUT2D eigenvalue weighted by molar-refractivity contribution is -0.133. The number of ether oxygens (including phenoxy) is 5. The molecular weight excluding hydrogens is 224 g/mol. The van der Waals surface area contributed by atoms with Crippen molar-refractivity contribution in [2.75, 3.05) is 53.2 Å². The van der Waals surface area contributed by atoms with Gasteiger partial charge in [0.05, 0.1) is 13.2 Å². The molecule has 0 aromatic rings. The van der Waals surface area contributed by atoms with Gasteiger partial charge in [-0.2, -0.15) is 0 Å². The molecule has 0 spiro atoms. The summed E-state index contributed by atoms with van der Waals surface area (Å²) in [4.78, 5) is 0. The number of rotatable bonds is 14. The molecule has 0 saturated heterocycles. The van der Waals surface area contributed by atoms with Crippen LogP contribution in [-0.2, 0) is 23.7 Å². The molecule has 0 N–H and O–H groups in total. The maximum absolute atomic E-state index is 5.22. The first-order valence-electron chi connectivity index (χ1n) is 6.30. The molecule has 0 aromatic heterocycles. The Morgan fingerprint density at radius 1 is 0.529 bits per heavy atom. The van der Waals surface area contributed by atoms with E-state index in [9.17, 15) is 0 Å². The molecule has 0 unspecified atom stereocenters. The van der Waals surface area contributed by atoms with Crippen molar-refractivity contribution in [1.82, 2.24) is 0 Å². The van der Waals surface area contributed by atoms with E-state index in [2.05, 4.69) is 0 Å². The number of hydrogen-bond acceptors (Lipinski definition) is 5. The van der Waals surface area contributed by atoms with Crippen molar-refractivity contribution < 1.29 is 23.7 Å². The number of hydrogen-bond donors (Lipinski definition) is 0. The monoisotopic (exact) mass is 250 g/mol. The summed E-state index contributed by atoms with van der Waals surface area (Å²) >= 11 is 0. The summed E-state index contributed by atoms with van der Waals surface area (Å²) in [5.41, 5.74) is 0. The highest BCUT2D eigenvalue weighted by Crippen LogP contribution is 1.88. The van der Waals surface area contributed by atoms with Crippen LogP contribution in [0.3, 0.4) is 0 Å². The predicted octanol–water partition coefficient (Wildman–Crippen LogP) is 1.80. The van der Waals surface area contributed by atoms with Crippen molar-refractivity contribution in [3.63, 3.8) is 0 Å². The fraction of sp³-hybridized carbons (Fsp3) is 1.00. The molecule has 5 nitrogen and oxygen atoms in total. The fourth-order valence-corrected chi connectivity index (χ4v) is 1.08. The minimum absolute atomic E-state index is 0.275. The summed E-state index contributed by atoms with van der Waals surface area (Å²) in [5, 5.41) is 0. The molecule has 0 aliphatic carbocycles. The molecule has 0 fully saturated rings. The van der Waals surface area contributed by atoms with E-state index in [1.807, 2.05) is 13.8 Å². The lowest BCUT2D eigenvalue weighted by Crippen LogP contribution is -2.08. The van der Waals surface area contributed by atoms with Crippen molar-refractivity contribution in [2.45, 2.75) is 26.7 Å². The Bertz CT molecular complexity index is 118. The van der Waals surface area contributed by atoms with E-state index in [-0.39, 0.29) is 13.6 Å². The van der Waals surface area contributed by atoms with Crippen molar-refractivity contribution in [2.24, 2.45) is 0 Å². The third kappa shape index (κ3) is 15.8. The molecule has 0 atom stereocenters. The molecule has 0 aliphatic rings. The molecule has 0 radical (unpaired) electrons. The lowest BCUT2D eigenvalue weighted by atomic mass is 10.5. The first-order valence-corrected chi connectivity index (χ1v) is 6.30. The van der Waals surface area contributed by atoms with Crippen LogP contribution in [0.4, 0.5) is 0 Å². The van der Waals surface area contributed by atoms with E-state index < -0.39 is 0 Å². The van der Waals surface area contributed by atoms with E-state index in [0.717, 1.165) is 39.3 Å². The summed E-state index contributed by atoms with van der Waals surface area (Å²) in [7, 11) is 0. The van der Waals surface area contributed by atoms with Crippen molar-refractivity contribution in [3.8, 4) is 0 Å². The summed E-state index contributed by atoms with van der Waals surface area (Å²) in [6, 6.07) is 0. The molecular formula is C12H26O5. The molecule has 0 bridgehead atoms. The second-order valence-corrected chi connectivity index (χ2v) is 3.36. The van der Waals surface area contributed by atoms with Gasteiger partial charge in [-0.25, -0.2) is 0 Å². The Morgan fingerprint density at radius 2 is 0.941 bits per heavy atom. The molecule has 0 saturated carbocycles. The Balaban J connectivity index is 2.85. The zero-order valence-electron chi connectivity index (χ0n) is 11.1. The zero-order valence-corrected chi connectivity index (χ0v) is 11.1. The molecule has 0 rings (SSSR count). The van der Waals surface area contributed by atoms with E-state index in [0.29, 0.717) is 13.2 Å². The third-order valence-corrected chi connectivity index (χ3v) is 1.90. The molecule has 0 amide bonds. The van der Waals surface area contributed by atoms with Crippen molar-refractivity contribution >= 4 is 0 Å². The average Bonchev–Trinajstić information content (AvgIpc) is 2.35. The standard InChI is InChI=1S/C12H26O5/c1-3-13-7-5-9-15-11-17-12-16-10-6-8-14-4-2/h3-12H2,1-2H3. The highest BCUT2D eigenvalue weighted by Gasteiger charge is 1.91. The van der Waals surface area contributed by atoms with Gasteiger partial charge in [0.1, 0.15) is 13.6 Å². The van der Waals surface area contributed by atoms with Gasteiger partial charge in [-0.05, 0) is 26.7 Å². The van der Waals surface area contributed by atoms with Gasteiger partial charge in [0.2, 0.25) is 0 Å². The predicted molar refractivity (Wildman–Crippen MR) is 64.9 cm³/mol. The van der Waals surface area contributed by atoms with Gasteiger partial charge in [-0.15, -0.1) is 0 Å². The van der Waals surface area contributed by atoms with Crippen LogP contribution in [-0.4, -0.2) is 53.2 Å². The smallest absolute Gasteiger partial charge is 0.149 e. The van der Waals surface area contributed by atoms with E-state index >= 15 is 0 Å². The summed E-state index contributed by atoms with van der Waals surface area (Å²) < 4.78 is 25.9. The van der Waals surface area contributed by atoms with Crippen LogP contribution < -0.4 is 0 Å². The quantitative estimate of drug-likeness (QED) is 0.347. The van der Waals surface area contributed by atoms with Crippen LogP contribution in [0.2, 0.25) is 0 Å². The minimum Gasteiger partial charge on any atom is -0.382 e. The Kier molecular flexibility index (Phi) is 15.6. The Labute approximate surface area is 104 Å². The van der Waals surface area contributed by atoms with Crippen LogP contribution in [0.5, 0.6) is 0 Å². The van der Waals surface area contributed by atoms with Crippen LogP contribution in [0.15, 0.2) is 0 Å². The zero-order chi connectivity index (χ0) is 12.6. The first-order chi connectivity index (χ1) is 8.41. The van der Waals surface area contributed by atoms with Crippen LogP contribution in [0, 0.1) is 0 Å². The van der Waals surface area contributed by atoms with Crippen molar-refractivity contribution in [1.29, 1.82) is 0 Å². The molecule has 0 aliphatic heterocycles. The van der Waals surface area contributed by atoms with Crippen LogP contribution >= 0.6 is 0 Å². The van der Waals surface area contributed by atoms with Gasteiger partial charge >= 0.3 is 0 Å². The molecule has 5 heteroatoms. The van der Waals surface area contributed by atoms with Gasteiger partial charge in [-0.3, -0.25) is 0 Å². The fourth-order valence-electron chi connectivity index (χ4n) is 1.08. The SMILES string of the molecule is CCOCCCOCOCOCCCOCC. The molecule has 0 aromatic carbocycles. The topological polar surface area (TPSA) is 46.2 Å². The van der Waals surface area contributed by atoms with Crippen LogP contribution in [0.25, 0.3) is 0 Å².